The largest absolute Gasteiger partial charge is 0.494 e. The van der Waals surface area contributed by atoms with Crippen LogP contribution < -0.4 is 10.1 Å². The van der Waals surface area contributed by atoms with Crippen molar-refractivity contribution >= 4 is 23.7 Å². The summed E-state index contributed by atoms with van der Waals surface area (Å²) in [7, 11) is 1.30. The third-order valence-electron chi connectivity index (χ3n) is 3.85. The van der Waals surface area contributed by atoms with Gasteiger partial charge in [0.2, 0.25) is 0 Å². The molecule has 1 aromatic rings. The number of alkyl carbamates (subject to hydrolysis) is 1. The Morgan fingerprint density at radius 2 is 1.79 bits per heavy atom. The molecule has 0 unspecified atom stereocenters. The molecule has 1 N–H and O–H groups in total. The van der Waals surface area contributed by atoms with Gasteiger partial charge in [0.15, 0.2) is 0 Å². The number of hydrogen-bond acceptors (Lipinski definition) is 5. The highest BCUT2D eigenvalue weighted by Crippen LogP contribution is 2.15. The lowest BCUT2D eigenvalue weighted by Gasteiger charge is -2.22. The quantitative estimate of drug-likeness (QED) is 0.329. The summed E-state index contributed by atoms with van der Waals surface area (Å²) < 4.78 is 15.6. The predicted octanol–water partition coefficient (Wildman–Crippen LogP) is 4.47. The van der Waals surface area contributed by atoms with Crippen LogP contribution in [-0.4, -0.2) is 43.3 Å². The van der Waals surface area contributed by atoms with Gasteiger partial charge >= 0.3 is 12.1 Å². The zero-order chi connectivity index (χ0) is 21.0. The second-order valence-electron chi connectivity index (χ2n) is 7.50. The molecule has 1 rings (SSSR count). The minimum Gasteiger partial charge on any atom is -0.494 e. The first-order chi connectivity index (χ1) is 13.2. The van der Waals surface area contributed by atoms with Gasteiger partial charge in [0.1, 0.15) is 17.4 Å². The van der Waals surface area contributed by atoms with Gasteiger partial charge in [-0.3, -0.25) is 0 Å². The van der Waals surface area contributed by atoms with Crippen molar-refractivity contribution in [1.29, 1.82) is 0 Å². The molecule has 0 saturated carbocycles. The molecule has 6 nitrogen and oxygen atoms in total. The predicted molar refractivity (Wildman–Crippen MR) is 110 cm³/mol. The first kappa shape index (κ1) is 24.1. The van der Waals surface area contributed by atoms with Crippen molar-refractivity contribution in [3.05, 3.63) is 29.8 Å². The van der Waals surface area contributed by atoms with Crippen molar-refractivity contribution in [1.82, 2.24) is 5.32 Å². The topological polar surface area (TPSA) is 73.9 Å². The molecule has 0 saturated heterocycles. The van der Waals surface area contributed by atoms with Crippen LogP contribution in [0.5, 0.6) is 5.75 Å². The lowest BCUT2D eigenvalue weighted by molar-refractivity contribution is -0.143. The molecule has 0 aliphatic heterocycles. The number of carbonyl (C=O) groups excluding carboxylic acids is 2. The molecule has 0 aliphatic carbocycles. The van der Waals surface area contributed by atoms with Crippen molar-refractivity contribution in [2.24, 2.45) is 0 Å². The van der Waals surface area contributed by atoms with E-state index >= 15 is 0 Å². The van der Waals surface area contributed by atoms with Gasteiger partial charge in [0.05, 0.1) is 13.7 Å². The maximum atomic E-state index is 11.9. The van der Waals surface area contributed by atoms with E-state index in [1.807, 2.05) is 24.3 Å². The van der Waals surface area contributed by atoms with Crippen LogP contribution >= 0.6 is 11.6 Å². The zero-order valence-corrected chi connectivity index (χ0v) is 18.0. The Kier molecular flexibility index (Phi) is 10.8. The molecule has 0 radical (unpaired) electrons. The molecule has 0 heterocycles. The highest BCUT2D eigenvalue weighted by Gasteiger charge is 2.24. The molecule has 0 spiro atoms. The maximum Gasteiger partial charge on any atom is 0.408 e. The van der Waals surface area contributed by atoms with Crippen LogP contribution in [0.1, 0.15) is 52.0 Å². The number of amides is 1. The second-order valence-corrected chi connectivity index (χ2v) is 7.88. The Hall–Kier alpha value is -1.95. The van der Waals surface area contributed by atoms with Crippen molar-refractivity contribution < 1.29 is 23.8 Å². The molecule has 28 heavy (non-hydrogen) atoms. The fourth-order valence-electron chi connectivity index (χ4n) is 2.49. The monoisotopic (exact) mass is 413 g/mol. The summed E-state index contributed by atoms with van der Waals surface area (Å²) >= 11 is 5.64. The number of rotatable bonds is 11. The highest BCUT2D eigenvalue weighted by atomic mass is 35.5. The SMILES string of the molecule is COC(=O)[C@H](CCCc1ccc(OCCCCCl)cc1)NC(=O)OC(C)(C)C. The smallest absolute Gasteiger partial charge is 0.408 e. The van der Waals surface area contributed by atoms with Gasteiger partial charge < -0.3 is 19.5 Å². The Morgan fingerprint density at radius 1 is 1.11 bits per heavy atom. The third kappa shape index (κ3) is 10.4. The third-order valence-corrected chi connectivity index (χ3v) is 4.12. The number of alkyl halides is 1. The average Bonchev–Trinajstić information content (AvgIpc) is 2.63. The van der Waals surface area contributed by atoms with Gasteiger partial charge in [-0.2, -0.15) is 0 Å². The molecule has 158 valence electrons. The fourth-order valence-corrected chi connectivity index (χ4v) is 2.68. The number of carbonyl (C=O) groups is 2. The number of esters is 1. The van der Waals surface area contributed by atoms with E-state index in [9.17, 15) is 9.59 Å². The number of hydrogen-bond donors (Lipinski definition) is 1. The Bertz CT molecular complexity index is 598. The van der Waals surface area contributed by atoms with E-state index < -0.39 is 23.7 Å². The summed E-state index contributed by atoms with van der Waals surface area (Å²) in [6, 6.07) is 7.15. The first-order valence-electron chi connectivity index (χ1n) is 9.60. The van der Waals surface area contributed by atoms with Crippen LogP contribution in [0.3, 0.4) is 0 Å². The molecule has 1 aromatic carbocycles. The van der Waals surface area contributed by atoms with Crippen molar-refractivity contribution in [3.8, 4) is 5.75 Å². The summed E-state index contributed by atoms with van der Waals surface area (Å²) in [5, 5.41) is 2.59. The molecule has 7 heteroatoms. The highest BCUT2D eigenvalue weighted by molar-refractivity contribution is 6.17. The average molecular weight is 414 g/mol. The molecule has 0 aromatic heterocycles. The molecule has 0 aliphatic rings. The van der Waals surface area contributed by atoms with Gasteiger partial charge in [-0.05, 0) is 70.6 Å². The summed E-state index contributed by atoms with van der Waals surface area (Å²) in [6.45, 7) is 5.96. The van der Waals surface area contributed by atoms with E-state index in [-0.39, 0.29) is 0 Å². The van der Waals surface area contributed by atoms with E-state index in [1.165, 1.54) is 7.11 Å². The Labute approximate surface area is 172 Å². The van der Waals surface area contributed by atoms with E-state index in [0.717, 1.165) is 30.6 Å². The fraction of sp³-hybridized carbons (Fsp3) is 0.619. The number of nitrogens with one attached hydrogen (secondary N) is 1. The standard InChI is InChI=1S/C21H32ClNO5/c1-21(2,3)28-20(25)23-18(19(24)26-4)9-7-8-16-10-12-17(13-11-16)27-15-6-5-14-22/h10-13,18H,5-9,14-15H2,1-4H3,(H,23,25)/t18-/m0/s1. The second kappa shape index (κ2) is 12.5. The summed E-state index contributed by atoms with van der Waals surface area (Å²) in [5.74, 6) is 1.00. The molecule has 0 fully saturated rings. The maximum absolute atomic E-state index is 11.9. The van der Waals surface area contributed by atoms with E-state index in [1.54, 1.807) is 20.8 Å². The Morgan fingerprint density at radius 3 is 2.36 bits per heavy atom. The van der Waals surface area contributed by atoms with Gasteiger partial charge in [0, 0.05) is 5.88 Å². The lowest BCUT2D eigenvalue weighted by Crippen LogP contribution is -2.44. The summed E-state index contributed by atoms with van der Waals surface area (Å²) in [6.07, 6.45) is 3.20. The van der Waals surface area contributed by atoms with Crippen LogP contribution in [0.2, 0.25) is 0 Å². The summed E-state index contributed by atoms with van der Waals surface area (Å²) in [4.78, 5) is 23.9. The number of aryl methyl sites for hydroxylation is 1. The van der Waals surface area contributed by atoms with Crippen LogP contribution in [0.15, 0.2) is 24.3 Å². The van der Waals surface area contributed by atoms with Gasteiger partial charge in [0.25, 0.3) is 0 Å². The number of unbranched alkanes of at least 4 members (excludes halogenated alkanes) is 1. The lowest BCUT2D eigenvalue weighted by atomic mass is 10.0. The van der Waals surface area contributed by atoms with E-state index in [2.05, 4.69) is 5.32 Å². The molecule has 1 amide bonds. The van der Waals surface area contributed by atoms with Crippen molar-refractivity contribution in [3.63, 3.8) is 0 Å². The van der Waals surface area contributed by atoms with Gasteiger partial charge in [-0.25, -0.2) is 9.59 Å². The number of ether oxygens (including phenoxy) is 3. The van der Waals surface area contributed by atoms with Crippen LogP contribution in [0.4, 0.5) is 4.79 Å². The molecule has 1 atom stereocenters. The van der Waals surface area contributed by atoms with Crippen molar-refractivity contribution in [2.75, 3.05) is 19.6 Å². The van der Waals surface area contributed by atoms with Crippen LogP contribution in [0, 0.1) is 0 Å². The number of methoxy groups -OCH3 is 1. The zero-order valence-electron chi connectivity index (χ0n) is 17.3. The minimum atomic E-state index is -0.732. The first-order valence-corrected chi connectivity index (χ1v) is 10.1. The van der Waals surface area contributed by atoms with Gasteiger partial charge in [-0.15, -0.1) is 11.6 Å². The Balaban J connectivity index is 2.46. The van der Waals surface area contributed by atoms with Crippen LogP contribution in [-0.2, 0) is 20.7 Å². The molecular weight excluding hydrogens is 382 g/mol. The van der Waals surface area contributed by atoms with Crippen LogP contribution in [0.25, 0.3) is 0 Å². The van der Waals surface area contributed by atoms with E-state index in [4.69, 9.17) is 25.8 Å². The number of halogens is 1. The summed E-state index contributed by atoms with van der Waals surface area (Å²) in [5.41, 5.74) is 0.507. The minimum absolute atomic E-state index is 0.461. The molecular formula is C21H32ClNO5. The van der Waals surface area contributed by atoms with Crippen molar-refractivity contribution in [2.45, 2.75) is 64.5 Å². The molecule has 0 bridgehead atoms. The van der Waals surface area contributed by atoms with Gasteiger partial charge in [-0.1, -0.05) is 12.1 Å². The normalized spacial score (nSPS) is 12.2. The van der Waals surface area contributed by atoms with E-state index in [0.29, 0.717) is 25.3 Å². The number of benzene rings is 1.